The van der Waals surface area contributed by atoms with Gasteiger partial charge in [-0.2, -0.15) is 4.99 Å². The first kappa shape index (κ1) is 15.8. The van der Waals surface area contributed by atoms with E-state index in [0.717, 1.165) is 16.3 Å². The number of rotatable bonds is 4. The van der Waals surface area contributed by atoms with Gasteiger partial charge in [0.05, 0.1) is 17.1 Å². The zero-order chi connectivity index (χ0) is 16.2. The van der Waals surface area contributed by atoms with Gasteiger partial charge in [-0.15, -0.1) is 22.7 Å². The van der Waals surface area contributed by atoms with Gasteiger partial charge in [-0.25, -0.2) is 9.37 Å². The van der Waals surface area contributed by atoms with Crippen molar-refractivity contribution in [3.05, 3.63) is 68.1 Å². The first-order valence-electron chi connectivity index (χ1n) is 6.95. The first-order chi connectivity index (χ1) is 11.1. The number of hydrogen-bond donors (Lipinski definition) is 0. The highest BCUT2D eigenvalue weighted by atomic mass is 32.1. The Morgan fingerprint density at radius 3 is 2.78 bits per heavy atom. The second-order valence-corrected chi connectivity index (χ2v) is 6.83. The van der Waals surface area contributed by atoms with Crippen LogP contribution in [0.1, 0.15) is 16.3 Å². The number of benzene rings is 1. The molecule has 0 aliphatic rings. The highest BCUT2D eigenvalue weighted by molar-refractivity contribution is 7.09. The van der Waals surface area contributed by atoms with E-state index in [2.05, 4.69) is 9.98 Å². The summed E-state index contributed by atoms with van der Waals surface area (Å²) in [4.78, 5) is 21.2. The van der Waals surface area contributed by atoms with Crippen molar-refractivity contribution in [2.75, 3.05) is 0 Å². The molecule has 3 aromatic rings. The molecule has 0 atom stereocenters. The number of hydrogen-bond acceptors (Lipinski definition) is 4. The fourth-order valence-electron chi connectivity index (χ4n) is 2.02. The number of aromatic nitrogens is 2. The van der Waals surface area contributed by atoms with E-state index >= 15 is 0 Å². The predicted molar refractivity (Wildman–Crippen MR) is 88.9 cm³/mol. The van der Waals surface area contributed by atoms with Crippen LogP contribution in [0.3, 0.4) is 0 Å². The highest BCUT2D eigenvalue weighted by Gasteiger charge is 2.08. The summed E-state index contributed by atoms with van der Waals surface area (Å²) in [5.74, 6) is -0.454. The molecule has 0 N–H and O–H groups in total. The summed E-state index contributed by atoms with van der Waals surface area (Å²) in [6, 6.07) is 6.36. The summed E-state index contributed by atoms with van der Waals surface area (Å²) < 4.78 is 14.7. The molecule has 0 unspecified atom stereocenters. The maximum Gasteiger partial charge on any atom is 0.254 e. The minimum atomic E-state index is -0.248. The maximum absolute atomic E-state index is 12.9. The third-order valence-electron chi connectivity index (χ3n) is 3.18. The average Bonchev–Trinajstić information content (AvgIpc) is 3.11. The van der Waals surface area contributed by atoms with Crippen LogP contribution in [-0.4, -0.2) is 15.5 Å². The molecule has 0 aliphatic heterocycles. The zero-order valence-electron chi connectivity index (χ0n) is 12.4. The van der Waals surface area contributed by atoms with Gasteiger partial charge in [0.25, 0.3) is 5.91 Å². The van der Waals surface area contributed by atoms with Gasteiger partial charge in [0.1, 0.15) is 5.82 Å². The lowest BCUT2D eigenvalue weighted by Crippen LogP contribution is -2.13. The van der Waals surface area contributed by atoms with E-state index < -0.39 is 0 Å². The van der Waals surface area contributed by atoms with Crippen LogP contribution in [0, 0.1) is 5.82 Å². The lowest BCUT2D eigenvalue weighted by Gasteiger charge is -1.97. The molecule has 1 amide bonds. The van der Waals surface area contributed by atoms with Crippen LogP contribution in [0.15, 0.2) is 46.2 Å². The molecule has 7 heteroatoms. The Kier molecular flexibility index (Phi) is 4.78. The Labute approximate surface area is 140 Å². The fraction of sp³-hybridized carbons (Fsp3) is 0.188. The van der Waals surface area contributed by atoms with E-state index in [0.29, 0.717) is 11.2 Å². The van der Waals surface area contributed by atoms with Crippen molar-refractivity contribution in [2.45, 2.75) is 12.8 Å². The molecule has 1 aromatic carbocycles. The number of aryl methyl sites for hydroxylation is 1. The monoisotopic (exact) mass is 347 g/mol. The van der Waals surface area contributed by atoms with Crippen molar-refractivity contribution in [3.63, 3.8) is 0 Å². The Hall–Kier alpha value is -2.12. The highest BCUT2D eigenvalue weighted by Crippen LogP contribution is 2.16. The van der Waals surface area contributed by atoms with Gasteiger partial charge in [0.15, 0.2) is 4.80 Å². The predicted octanol–water partition coefficient (Wildman–Crippen LogP) is 2.94. The summed E-state index contributed by atoms with van der Waals surface area (Å²) >= 11 is 2.92. The molecule has 4 nitrogen and oxygen atoms in total. The Morgan fingerprint density at radius 2 is 2.09 bits per heavy atom. The largest absolute Gasteiger partial charge is 0.327 e. The van der Waals surface area contributed by atoms with Gasteiger partial charge in [0.2, 0.25) is 0 Å². The standard InChI is InChI=1S/C16H14FN3OS2/c1-20-6-7-22-16(20)19-14(21)9-13-10-23-15(18-13)8-11-2-4-12(17)5-3-11/h2-7,10H,8-9H2,1H3. The summed E-state index contributed by atoms with van der Waals surface area (Å²) in [5.41, 5.74) is 1.72. The van der Waals surface area contributed by atoms with Crippen LogP contribution >= 0.6 is 22.7 Å². The minimum Gasteiger partial charge on any atom is -0.327 e. The number of carbonyl (C=O) groups excluding carboxylic acids is 1. The van der Waals surface area contributed by atoms with Crippen molar-refractivity contribution in [3.8, 4) is 0 Å². The van der Waals surface area contributed by atoms with Gasteiger partial charge in [-0.3, -0.25) is 4.79 Å². The number of amides is 1. The minimum absolute atomic E-state index is 0.192. The van der Waals surface area contributed by atoms with E-state index in [-0.39, 0.29) is 18.1 Å². The third-order valence-corrected chi connectivity index (χ3v) is 4.93. The second kappa shape index (κ2) is 6.97. The summed E-state index contributed by atoms with van der Waals surface area (Å²) in [5, 5.41) is 4.66. The molecule has 0 radical (unpaired) electrons. The van der Waals surface area contributed by atoms with Crippen LogP contribution in [-0.2, 0) is 24.7 Å². The lowest BCUT2D eigenvalue weighted by atomic mass is 10.1. The quantitative estimate of drug-likeness (QED) is 0.728. The maximum atomic E-state index is 12.9. The second-order valence-electron chi connectivity index (χ2n) is 5.01. The molecule has 2 heterocycles. The Bertz CT molecular complexity index is 877. The topological polar surface area (TPSA) is 47.2 Å². The summed E-state index contributed by atoms with van der Waals surface area (Å²) in [6.07, 6.45) is 2.69. The van der Waals surface area contributed by atoms with Gasteiger partial charge < -0.3 is 4.57 Å². The average molecular weight is 347 g/mol. The Morgan fingerprint density at radius 1 is 1.30 bits per heavy atom. The van der Waals surface area contributed by atoms with Crippen LogP contribution < -0.4 is 4.80 Å². The molecule has 0 saturated heterocycles. The van der Waals surface area contributed by atoms with Gasteiger partial charge >= 0.3 is 0 Å². The van der Waals surface area contributed by atoms with E-state index in [1.165, 1.54) is 34.8 Å². The third kappa shape index (κ3) is 4.20. The van der Waals surface area contributed by atoms with Crippen molar-refractivity contribution < 1.29 is 9.18 Å². The van der Waals surface area contributed by atoms with Gasteiger partial charge in [-0.05, 0) is 17.7 Å². The smallest absolute Gasteiger partial charge is 0.254 e. The molecule has 3 rings (SSSR count). The lowest BCUT2D eigenvalue weighted by molar-refractivity contribution is -0.117. The van der Waals surface area contributed by atoms with Crippen LogP contribution in [0.25, 0.3) is 0 Å². The van der Waals surface area contributed by atoms with E-state index in [1.807, 2.05) is 28.6 Å². The van der Waals surface area contributed by atoms with Crippen LogP contribution in [0.2, 0.25) is 0 Å². The molecule has 118 valence electrons. The molecular formula is C16H14FN3OS2. The molecule has 2 aromatic heterocycles. The number of halogens is 1. The number of thiazole rings is 2. The van der Waals surface area contributed by atoms with Crippen LogP contribution in [0.4, 0.5) is 4.39 Å². The molecule has 0 fully saturated rings. The van der Waals surface area contributed by atoms with E-state index in [9.17, 15) is 9.18 Å². The van der Waals surface area contributed by atoms with Crippen molar-refractivity contribution in [2.24, 2.45) is 12.0 Å². The normalized spacial score (nSPS) is 11.8. The van der Waals surface area contributed by atoms with E-state index in [4.69, 9.17) is 0 Å². The van der Waals surface area contributed by atoms with Gasteiger partial charge in [0, 0.05) is 30.4 Å². The van der Waals surface area contributed by atoms with Crippen molar-refractivity contribution in [1.29, 1.82) is 0 Å². The molecule has 23 heavy (non-hydrogen) atoms. The zero-order valence-corrected chi connectivity index (χ0v) is 14.0. The first-order valence-corrected chi connectivity index (χ1v) is 8.71. The van der Waals surface area contributed by atoms with Crippen molar-refractivity contribution >= 4 is 28.6 Å². The molecule has 0 bridgehead atoms. The SMILES string of the molecule is Cn1ccsc1=NC(=O)Cc1csc(Cc2ccc(F)cc2)n1. The molecule has 0 saturated carbocycles. The fourth-order valence-corrected chi connectivity index (χ4v) is 3.60. The van der Waals surface area contributed by atoms with Gasteiger partial charge in [-0.1, -0.05) is 12.1 Å². The van der Waals surface area contributed by atoms with Crippen molar-refractivity contribution in [1.82, 2.24) is 9.55 Å². The molecule has 0 spiro atoms. The molecule has 0 aliphatic carbocycles. The summed E-state index contributed by atoms with van der Waals surface area (Å²) in [6.45, 7) is 0. The van der Waals surface area contributed by atoms with Crippen LogP contribution in [0.5, 0.6) is 0 Å². The number of carbonyl (C=O) groups is 1. The summed E-state index contributed by atoms with van der Waals surface area (Å²) in [7, 11) is 1.85. The Balaban J connectivity index is 1.66. The molecular weight excluding hydrogens is 333 g/mol. The van der Waals surface area contributed by atoms with E-state index in [1.54, 1.807) is 12.1 Å². The number of nitrogens with zero attached hydrogens (tertiary/aromatic N) is 3.